The number of benzene rings is 2. The molecule has 0 saturated carbocycles. The molecule has 0 aliphatic carbocycles. The Morgan fingerprint density at radius 2 is 1.42 bits per heavy atom. The highest BCUT2D eigenvalue weighted by atomic mass is 32.2. The summed E-state index contributed by atoms with van der Waals surface area (Å²) in [6, 6.07) is 12.1. The molecule has 13 heteroatoms. The Morgan fingerprint density at radius 3 is 1.94 bits per heavy atom. The van der Waals surface area contributed by atoms with E-state index in [0.717, 1.165) is 19.3 Å². The summed E-state index contributed by atoms with van der Waals surface area (Å²) in [5.41, 5.74) is 11.7. The predicted octanol–water partition coefficient (Wildman–Crippen LogP) is 1.14. The predicted molar refractivity (Wildman–Crippen MR) is 130 cm³/mol. The molecule has 0 bridgehead atoms. The van der Waals surface area contributed by atoms with Crippen LogP contribution in [0.25, 0.3) is 0 Å². The van der Waals surface area contributed by atoms with Crippen LogP contribution < -0.4 is 16.2 Å². The molecule has 0 spiro atoms. The van der Waals surface area contributed by atoms with E-state index in [4.69, 9.17) is 33.9 Å². The lowest BCUT2D eigenvalue weighted by atomic mass is 10.1. The summed E-state index contributed by atoms with van der Waals surface area (Å²) in [7, 11) is -3.92. The van der Waals surface area contributed by atoms with E-state index in [-0.39, 0.29) is 29.8 Å². The quantitative estimate of drug-likeness (QED) is 0.184. The van der Waals surface area contributed by atoms with Gasteiger partial charge in [0.05, 0.1) is 26.9 Å². The Hall–Kier alpha value is -3.97. The molecule has 12 nitrogen and oxygen atoms in total. The van der Waals surface area contributed by atoms with Crippen LogP contribution in [0.15, 0.2) is 53.5 Å². The molecule has 0 aromatic heterocycles. The van der Waals surface area contributed by atoms with Gasteiger partial charge in [-0.25, -0.2) is 23.0 Å². The zero-order valence-electron chi connectivity index (χ0n) is 19.6. The van der Waals surface area contributed by atoms with Crippen LogP contribution in [0, 0.1) is 0 Å². The van der Waals surface area contributed by atoms with E-state index in [1.807, 2.05) is 0 Å². The molecule has 1 amide bonds. The molecule has 0 atom stereocenters. The molecule has 1 aliphatic rings. The fourth-order valence-electron chi connectivity index (χ4n) is 3.09. The number of carbonyl (C=O) groups is 3. The number of piperidine rings is 1. The van der Waals surface area contributed by atoms with Gasteiger partial charge in [0.15, 0.2) is 12.6 Å². The van der Waals surface area contributed by atoms with Crippen molar-refractivity contribution in [3.8, 4) is 5.75 Å². The van der Waals surface area contributed by atoms with Crippen molar-refractivity contribution in [1.82, 2.24) is 4.90 Å². The fourth-order valence-corrected chi connectivity index (χ4v) is 3.09. The molecule has 0 unspecified atom stereocenters. The Bertz CT molecular complexity index is 1180. The maximum absolute atomic E-state index is 12.3. The van der Waals surface area contributed by atoms with Gasteiger partial charge in [-0.15, -0.1) is 0 Å². The van der Waals surface area contributed by atoms with E-state index < -0.39 is 22.1 Å². The van der Waals surface area contributed by atoms with Crippen LogP contribution >= 0.6 is 0 Å². The van der Waals surface area contributed by atoms with Gasteiger partial charge in [0.1, 0.15) is 5.75 Å². The number of ether oxygens (including phenoxy) is 2. The number of nitrogens with two attached hydrogens (primary N) is 2. The van der Waals surface area contributed by atoms with Crippen molar-refractivity contribution in [2.45, 2.75) is 19.3 Å². The van der Waals surface area contributed by atoms with Crippen molar-refractivity contribution >= 4 is 39.6 Å². The number of amides is 1. The number of hydrogen-bond donors (Lipinski definition) is 2. The summed E-state index contributed by atoms with van der Waals surface area (Å²) in [4.78, 5) is 42.1. The number of nitrogens with zero attached hydrogens (tertiary/aromatic N) is 2. The smallest absolute Gasteiger partial charge is 0.343 e. The highest BCUT2D eigenvalue weighted by Crippen LogP contribution is 2.17. The Morgan fingerprint density at radius 1 is 0.917 bits per heavy atom. The molecule has 4 N–H and O–H groups in total. The molecule has 36 heavy (non-hydrogen) atoms. The minimum Gasteiger partial charge on any atom is -0.748 e. The molecule has 1 heterocycles. The number of esters is 2. The third-order valence-electron chi connectivity index (χ3n) is 4.70. The van der Waals surface area contributed by atoms with Gasteiger partial charge in [-0.1, -0.05) is 0 Å². The number of likely N-dealkylation sites (tertiary alicyclic amines) is 1. The lowest BCUT2D eigenvalue weighted by molar-refractivity contribution is -0.135. The van der Waals surface area contributed by atoms with Gasteiger partial charge in [0.25, 0.3) is 5.91 Å². The van der Waals surface area contributed by atoms with Crippen LogP contribution in [0.5, 0.6) is 5.75 Å². The van der Waals surface area contributed by atoms with Crippen LogP contribution in [0.3, 0.4) is 0 Å². The second-order valence-electron chi connectivity index (χ2n) is 7.72. The molecule has 2 aromatic carbocycles. The van der Waals surface area contributed by atoms with E-state index >= 15 is 0 Å². The first-order valence-electron chi connectivity index (χ1n) is 10.8. The normalized spacial score (nSPS) is 13.0. The minimum absolute atomic E-state index is 0.0789. The van der Waals surface area contributed by atoms with Crippen molar-refractivity contribution in [2.75, 3.05) is 26.0 Å². The maximum atomic E-state index is 12.3. The van der Waals surface area contributed by atoms with Gasteiger partial charge < -0.3 is 30.4 Å². The van der Waals surface area contributed by atoms with Crippen molar-refractivity contribution in [3.63, 3.8) is 0 Å². The SMILES string of the molecule is CS(=O)(=O)[O-].NC(N)=Nc1ccc(C(=O)Oc2ccc(C(=O)OCC(=O)N3CCCCC3)cc2)cc1. The molecule has 0 radical (unpaired) electrons. The number of carbonyl (C=O) groups excluding carboxylic acids is 3. The summed E-state index contributed by atoms with van der Waals surface area (Å²) < 4.78 is 37.6. The zero-order valence-corrected chi connectivity index (χ0v) is 20.4. The Kier molecular flexibility index (Phi) is 10.4. The molecule has 3 rings (SSSR count). The molecule has 1 aliphatic heterocycles. The first-order chi connectivity index (χ1) is 16.9. The van der Waals surface area contributed by atoms with Gasteiger partial charge in [0, 0.05) is 19.3 Å². The minimum atomic E-state index is -3.92. The van der Waals surface area contributed by atoms with Gasteiger partial charge in [-0.05, 0) is 67.8 Å². The molecular weight excluding hydrogens is 492 g/mol. The summed E-state index contributed by atoms with van der Waals surface area (Å²) in [5, 5.41) is 0. The van der Waals surface area contributed by atoms with Crippen molar-refractivity contribution in [2.24, 2.45) is 16.5 Å². The number of rotatable bonds is 6. The van der Waals surface area contributed by atoms with Gasteiger partial charge in [-0.3, -0.25) is 4.79 Å². The van der Waals surface area contributed by atoms with E-state index in [1.165, 1.54) is 36.4 Å². The number of aliphatic imine (C=N–C) groups is 1. The lowest BCUT2D eigenvalue weighted by Gasteiger charge is -2.26. The van der Waals surface area contributed by atoms with Crippen LogP contribution in [-0.4, -0.2) is 67.6 Å². The molecule has 194 valence electrons. The molecule has 1 fully saturated rings. The Balaban J connectivity index is 0.000000830. The van der Waals surface area contributed by atoms with Crippen molar-refractivity contribution in [1.29, 1.82) is 0 Å². The summed E-state index contributed by atoms with van der Waals surface area (Å²) in [5.74, 6) is -1.19. The average molecular weight is 520 g/mol. The monoisotopic (exact) mass is 519 g/mol. The topological polar surface area (TPSA) is 195 Å². The highest BCUT2D eigenvalue weighted by molar-refractivity contribution is 7.84. The third-order valence-corrected chi connectivity index (χ3v) is 4.70. The Labute approximate surface area is 208 Å². The number of guanidine groups is 1. The van der Waals surface area contributed by atoms with E-state index in [0.29, 0.717) is 30.6 Å². The molecule has 2 aromatic rings. The molecule has 1 saturated heterocycles. The number of hydrogen-bond acceptors (Lipinski definition) is 9. The zero-order chi connectivity index (χ0) is 26.7. The highest BCUT2D eigenvalue weighted by Gasteiger charge is 2.18. The average Bonchev–Trinajstić information content (AvgIpc) is 2.82. The van der Waals surface area contributed by atoms with Crippen LogP contribution in [0.4, 0.5) is 5.69 Å². The summed E-state index contributed by atoms with van der Waals surface area (Å²) >= 11 is 0. The standard InChI is InChI=1S/C22H24N4O5.CH4O3S/c23-22(24)25-17-8-4-16(5-9-17)21(29)31-18-10-6-15(7-11-18)20(28)30-14-19(27)26-12-2-1-3-13-26;1-5(2,3)4/h4-11H,1-3,12-14H2,(H4,23,24,25);1H3,(H,2,3,4)/p-1. The second-order valence-corrected chi connectivity index (χ2v) is 9.13. The van der Waals surface area contributed by atoms with Crippen molar-refractivity contribution < 1.29 is 36.8 Å². The van der Waals surface area contributed by atoms with E-state index in [1.54, 1.807) is 17.0 Å². The largest absolute Gasteiger partial charge is 0.748 e. The van der Waals surface area contributed by atoms with E-state index in [9.17, 15) is 14.4 Å². The van der Waals surface area contributed by atoms with Crippen molar-refractivity contribution in [3.05, 3.63) is 59.7 Å². The lowest BCUT2D eigenvalue weighted by Crippen LogP contribution is -2.38. The van der Waals surface area contributed by atoms with Crippen LogP contribution in [0.1, 0.15) is 40.0 Å². The van der Waals surface area contributed by atoms with Crippen LogP contribution in [0.2, 0.25) is 0 Å². The first kappa shape index (κ1) is 28.3. The third kappa shape index (κ3) is 10.5. The van der Waals surface area contributed by atoms with E-state index in [2.05, 4.69) is 4.99 Å². The van der Waals surface area contributed by atoms with Gasteiger partial charge in [0.2, 0.25) is 0 Å². The molecular formula is C23H27N4O8S-. The summed E-state index contributed by atoms with van der Waals surface area (Å²) in [6.45, 7) is 1.12. The van der Waals surface area contributed by atoms with Gasteiger partial charge >= 0.3 is 11.9 Å². The second kappa shape index (κ2) is 13.2. The maximum Gasteiger partial charge on any atom is 0.343 e. The summed E-state index contributed by atoms with van der Waals surface area (Å²) in [6.07, 6.45) is 3.66. The van der Waals surface area contributed by atoms with Crippen LogP contribution in [-0.2, 0) is 19.6 Å². The fraction of sp³-hybridized carbons (Fsp3) is 0.304. The van der Waals surface area contributed by atoms with Gasteiger partial charge in [-0.2, -0.15) is 0 Å². The first-order valence-corrected chi connectivity index (χ1v) is 12.6.